The fourth-order valence-electron chi connectivity index (χ4n) is 2.45. The topological polar surface area (TPSA) is 55.1 Å². The van der Waals surface area contributed by atoms with Crippen molar-refractivity contribution in [2.24, 2.45) is 11.7 Å². The van der Waals surface area contributed by atoms with Crippen molar-refractivity contribution >= 4 is 5.91 Å². The van der Waals surface area contributed by atoms with Crippen LogP contribution in [0.2, 0.25) is 0 Å². The predicted octanol–water partition coefficient (Wildman–Crippen LogP) is 1.03. The zero-order chi connectivity index (χ0) is 9.90. The predicted molar refractivity (Wildman–Crippen MR) is 53.2 cm³/mol. The molecule has 2 atom stereocenters. The maximum absolute atomic E-state index is 11.0. The number of hydrogen-bond donors (Lipinski definition) is 2. The van der Waals surface area contributed by atoms with Crippen LogP contribution in [0, 0.1) is 5.92 Å². The van der Waals surface area contributed by atoms with E-state index in [-0.39, 0.29) is 11.4 Å². The van der Waals surface area contributed by atoms with Crippen molar-refractivity contribution < 1.29 is 4.79 Å². The van der Waals surface area contributed by atoms with Gasteiger partial charge in [-0.25, -0.2) is 0 Å². The molecule has 0 radical (unpaired) electrons. The molecular weight excluding hydrogens is 164 g/mol. The van der Waals surface area contributed by atoms with E-state index in [2.05, 4.69) is 12.2 Å². The second-order valence-electron chi connectivity index (χ2n) is 4.20. The highest BCUT2D eigenvalue weighted by molar-refractivity contribution is 5.75. The normalized spacial score (nSPS) is 34.5. The summed E-state index contributed by atoms with van der Waals surface area (Å²) < 4.78 is 0. The van der Waals surface area contributed by atoms with Gasteiger partial charge in [0.2, 0.25) is 5.91 Å². The number of carbonyl (C=O) groups excluding carboxylic acids is 1. The van der Waals surface area contributed by atoms with Crippen LogP contribution in [0.4, 0.5) is 0 Å². The molecule has 1 aliphatic carbocycles. The van der Waals surface area contributed by atoms with E-state index < -0.39 is 0 Å². The van der Waals surface area contributed by atoms with Gasteiger partial charge < -0.3 is 11.1 Å². The Morgan fingerprint density at radius 2 is 2.31 bits per heavy atom. The van der Waals surface area contributed by atoms with Crippen LogP contribution in [-0.4, -0.2) is 18.5 Å². The standard InChI is InChI=1S/C10H20N2O/c1-8-5-3-4-6-10(8,12-2)7-9(11)13/h8,12H,3-7H2,1-2H3,(H2,11,13). The van der Waals surface area contributed by atoms with Gasteiger partial charge in [-0.15, -0.1) is 0 Å². The molecule has 3 nitrogen and oxygen atoms in total. The number of amides is 1. The van der Waals surface area contributed by atoms with Gasteiger partial charge in [0.25, 0.3) is 0 Å². The Hall–Kier alpha value is -0.570. The Labute approximate surface area is 80.1 Å². The van der Waals surface area contributed by atoms with Crippen molar-refractivity contribution in [3.8, 4) is 0 Å². The molecule has 3 heteroatoms. The third kappa shape index (κ3) is 2.21. The van der Waals surface area contributed by atoms with Crippen molar-refractivity contribution in [2.45, 2.75) is 44.6 Å². The third-order valence-electron chi connectivity index (χ3n) is 3.44. The van der Waals surface area contributed by atoms with Crippen LogP contribution in [-0.2, 0) is 4.79 Å². The summed E-state index contributed by atoms with van der Waals surface area (Å²) in [5.41, 5.74) is 5.24. The maximum Gasteiger partial charge on any atom is 0.219 e. The van der Waals surface area contributed by atoms with Crippen LogP contribution in [0.5, 0.6) is 0 Å². The molecule has 1 aliphatic rings. The average Bonchev–Trinajstić information content (AvgIpc) is 2.08. The molecule has 0 saturated heterocycles. The summed E-state index contributed by atoms with van der Waals surface area (Å²) in [5, 5.41) is 3.30. The van der Waals surface area contributed by atoms with Gasteiger partial charge in [0.05, 0.1) is 0 Å². The summed E-state index contributed by atoms with van der Waals surface area (Å²) in [6, 6.07) is 0. The third-order valence-corrected chi connectivity index (χ3v) is 3.44. The number of carbonyl (C=O) groups is 1. The molecule has 1 rings (SSSR count). The van der Waals surface area contributed by atoms with E-state index >= 15 is 0 Å². The molecule has 0 aromatic heterocycles. The van der Waals surface area contributed by atoms with E-state index in [1.54, 1.807) is 0 Å². The zero-order valence-electron chi connectivity index (χ0n) is 8.60. The molecule has 2 unspecified atom stereocenters. The van der Waals surface area contributed by atoms with Crippen molar-refractivity contribution in [1.82, 2.24) is 5.32 Å². The fraction of sp³-hybridized carbons (Fsp3) is 0.900. The van der Waals surface area contributed by atoms with Crippen LogP contribution in [0.15, 0.2) is 0 Å². The molecule has 0 bridgehead atoms. The van der Waals surface area contributed by atoms with Crippen molar-refractivity contribution in [3.05, 3.63) is 0 Å². The van der Waals surface area contributed by atoms with Crippen LogP contribution >= 0.6 is 0 Å². The first-order chi connectivity index (χ1) is 6.10. The molecule has 1 amide bonds. The van der Waals surface area contributed by atoms with Gasteiger partial charge in [-0.1, -0.05) is 19.8 Å². The summed E-state index contributed by atoms with van der Waals surface area (Å²) in [4.78, 5) is 11.0. The van der Waals surface area contributed by atoms with Crippen molar-refractivity contribution in [2.75, 3.05) is 7.05 Å². The summed E-state index contributed by atoms with van der Waals surface area (Å²) in [6.45, 7) is 2.21. The molecule has 0 aromatic carbocycles. The van der Waals surface area contributed by atoms with Gasteiger partial charge in [-0.3, -0.25) is 4.79 Å². The monoisotopic (exact) mass is 184 g/mol. The van der Waals surface area contributed by atoms with Crippen LogP contribution in [0.25, 0.3) is 0 Å². The van der Waals surface area contributed by atoms with Gasteiger partial charge >= 0.3 is 0 Å². The van der Waals surface area contributed by atoms with Gasteiger partial charge in [0.1, 0.15) is 0 Å². The highest BCUT2D eigenvalue weighted by Crippen LogP contribution is 2.35. The molecule has 76 valence electrons. The van der Waals surface area contributed by atoms with Gasteiger partial charge in [0.15, 0.2) is 0 Å². The molecule has 1 saturated carbocycles. The number of rotatable bonds is 3. The molecule has 0 heterocycles. The number of primary amides is 1. The molecule has 0 aliphatic heterocycles. The minimum absolute atomic E-state index is 0.0237. The van der Waals surface area contributed by atoms with E-state index in [0.717, 1.165) is 6.42 Å². The maximum atomic E-state index is 11.0. The van der Waals surface area contributed by atoms with Crippen LogP contribution in [0.1, 0.15) is 39.0 Å². The van der Waals surface area contributed by atoms with E-state index in [1.165, 1.54) is 19.3 Å². The fourth-order valence-corrected chi connectivity index (χ4v) is 2.45. The van der Waals surface area contributed by atoms with Crippen LogP contribution < -0.4 is 11.1 Å². The second kappa shape index (κ2) is 4.09. The zero-order valence-corrected chi connectivity index (χ0v) is 8.60. The Balaban J connectivity index is 2.69. The van der Waals surface area contributed by atoms with Crippen molar-refractivity contribution in [3.63, 3.8) is 0 Å². The number of hydrogen-bond acceptors (Lipinski definition) is 2. The van der Waals surface area contributed by atoms with E-state index in [1.807, 2.05) is 7.05 Å². The van der Waals surface area contributed by atoms with Crippen molar-refractivity contribution in [1.29, 1.82) is 0 Å². The first-order valence-electron chi connectivity index (χ1n) is 5.08. The summed E-state index contributed by atoms with van der Waals surface area (Å²) in [7, 11) is 1.94. The smallest absolute Gasteiger partial charge is 0.219 e. The Bertz CT molecular complexity index is 193. The van der Waals surface area contributed by atoms with E-state index in [4.69, 9.17) is 5.73 Å². The quantitative estimate of drug-likeness (QED) is 0.688. The van der Waals surface area contributed by atoms with E-state index in [9.17, 15) is 4.79 Å². The lowest BCUT2D eigenvalue weighted by Crippen LogP contribution is -2.52. The summed E-state index contributed by atoms with van der Waals surface area (Å²) in [5.74, 6) is 0.363. The highest BCUT2D eigenvalue weighted by atomic mass is 16.1. The molecule has 1 fully saturated rings. The molecule has 0 spiro atoms. The summed E-state index contributed by atoms with van der Waals surface area (Å²) in [6.07, 6.45) is 5.24. The lowest BCUT2D eigenvalue weighted by atomic mass is 9.71. The Morgan fingerprint density at radius 1 is 1.62 bits per heavy atom. The molecule has 13 heavy (non-hydrogen) atoms. The second-order valence-corrected chi connectivity index (χ2v) is 4.20. The minimum Gasteiger partial charge on any atom is -0.370 e. The number of nitrogens with one attached hydrogen (secondary N) is 1. The van der Waals surface area contributed by atoms with Gasteiger partial charge in [-0.05, 0) is 25.8 Å². The minimum atomic E-state index is -0.192. The van der Waals surface area contributed by atoms with Gasteiger partial charge in [0, 0.05) is 12.0 Å². The summed E-state index contributed by atoms with van der Waals surface area (Å²) >= 11 is 0. The SMILES string of the molecule is CNC1(CC(N)=O)CCCCC1C. The largest absolute Gasteiger partial charge is 0.370 e. The molecule has 3 N–H and O–H groups in total. The molecule has 0 aromatic rings. The van der Waals surface area contributed by atoms with Crippen LogP contribution in [0.3, 0.4) is 0 Å². The first-order valence-corrected chi connectivity index (χ1v) is 5.08. The molecular formula is C10H20N2O. The Kier molecular flexibility index (Phi) is 3.31. The Morgan fingerprint density at radius 3 is 2.77 bits per heavy atom. The highest BCUT2D eigenvalue weighted by Gasteiger charge is 2.37. The first kappa shape index (κ1) is 10.5. The van der Waals surface area contributed by atoms with E-state index in [0.29, 0.717) is 12.3 Å². The number of nitrogens with two attached hydrogens (primary N) is 1. The average molecular weight is 184 g/mol. The lowest BCUT2D eigenvalue weighted by Gasteiger charge is -2.42. The lowest BCUT2D eigenvalue weighted by molar-refractivity contribution is -0.120. The van der Waals surface area contributed by atoms with Gasteiger partial charge in [-0.2, -0.15) is 0 Å².